The Morgan fingerprint density at radius 2 is 1.57 bits per heavy atom. The lowest BCUT2D eigenvalue weighted by molar-refractivity contribution is -0.122. The summed E-state index contributed by atoms with van der Waals surface area (Å²) >= 11 is 1.61. The topological polar surface area (TPSA) is 47.6 Å². The van der Waals surface area contributed by atoms with Crippen LogP contribution in [0.15, 0.2) is 88.7 Å². The summed E-state index contributed by atoms with van der Waals surface area (Å²) < 4.78 is 11.0. The number of hydrogen-bond donors (Lipinski definition) is 1. The van der Waals surface area contributed by atoms with Crippen LogP contribution in [0.4, 0.5) is 5.69 Å². The number of benzene rings is 3. The summed E-state index contributed by atoms with van der Waals surface area (Å²) in [4.78, 5) is 14.9. The van der Waals surface area contributed by atoms with Crippen LogP contribution in [0.2, 0.25) is 0 Å². The summed E-state index contributed by atoms with van der Waals surface area (Å²) in [7, 11) is 1.61. The Hall–Kier alpha value is -2.92. The average Bonchev–Trinajstić information content (AvgIpc) is 2.74. The molecule has 0 unspecified atom stereocenters. The normalized spacial score (nSPS) is 11.5. The molecule has 0 radical (unpaired) electrons. The Kier molecular flexibility index (Phi) is 6.98. The third kappa shape index (κ3) is 5.30. The minimum atomic E-state index is -0.580. The molecule has 0 aliphatic carbocycles. The first-order valence-corrected chi connectivity index (χ1v) is 9.94. The maximum absolute atomic E-state index is 12.8. The largest absolute Gasteiger partial charge is 0.497 e. The van der Waals surface area contributed by atoms with Gasteiger partial charge < -0.3 is 14.8 Å². The molecule has 1 N–H and O–H groups in total. The zero-order valence-electron chi connectivity index (χ0n) is 15.9. The molecule has 144 valence electrons. The van der Waals surface area contributed by atoms with Crippen LogP contribution in [-0.4, -0.2) is 19.1 Å². The standard InChI is InChI=1S/C23H23NO3S/c1-3-21(27-18-15-13-17(26-2)14-16-18)23(25)24-20-11-7-8-12-22(20)28-19-9-5-4-6-10-19/h4-16,21H,3H2,1-2H3,(H,24,25)/t21-/m1/s1. The van der Waals surface area contributed by atoms with Crippen LogP contribution >= 0.6 is 11.8 Å². The van der Waals surface area contributed by atoms with Crippen molar-refractivity contribution in [3.8, 4) is 11.5 Å². The first-order valence-electron chi connectivity index (χ1n) is 9.13. The number of para-hydroxylation sites is 1. The molecule has 3 aromatic rings. The Morgan fingerprint density at radius 1 is 0.929 bits per heavy atom. The first-order chi connectivity index (χ1) is 13.7. The zero-order valence-corrected chi connectivity index (χ0v) is 16.7. The van der Waals surface area contributed by atoms with Gasteiger partial charge in [0.05, 0.1) is 12.8 Å². The Morgan fingerprint density at radius 3 is 2.25 bits per heavy atom. The molecule has 1 amide bonds. The van der Waals surface area contributed by atoms with E-state index in [1.54, 1.807) is 31.0 Å². The van der Waals surface area contributed by atoms with Gasteiger partial charge >= 0.3 is 0 Å². The summed E-state index contributed by atoms with van der Waals surface area (Å²) in [5.74, 6) is 1.21. The van der Waals surface area contributed by atoms with Crippen molar-refractivity contribution in [3.63, 3.8) is 0 Å². The monoisotopic (exact) mass is 393 g/mol. The van der Waals surface area contributed by atoms with E-state index in [4.69, 9.17) is 9.47 Å². The predicted octanol–water partition coefficient (Wildman–Crippen LogP) is 5.64. The fourth-order valence-electron chi connectivity index (χ4n) is 2.63. The molecule has 28 heavy (non-hydrogen) atoms. The third-order valence-corrected chi connectivity index (χ3v) is 5.20. The molecule has 0 saturated carbocycles. The average molecular weight is 394 g/mol. The van der Waals surface area contributed by atoms with E-state index >= 15 is 0 Å². The lowest BCUT2D eigenvalue weighted by Gasteiger charge is -2.18. The van der Waals surface area contributed by atoms with Gasteiger partial charge in [-0.1, -0.05) is 49.0 Å². The molecule has 0 fully saturated rings. The predicted molar refractivity (Wildman–Crippen MR) is 113 cm³/mol. The second-order valence-corrected chi connectivity index (χ2v) is 7.21. The molecule has 0 heterocycles. The fraction of sp³-hybridized carbons (Fsp3) is 0.174. The molecule has 0 spiro atoms. The molecule has 0 aromatic heterocycles. The van der Waals surface area contributed by atoms with Gasteiger partial charge in [-0.05, 0) is 55.0 Å². The van der Waals surface area contributed by atoms with Gasteiger partial charge in [0.2, 0.25) is 0 Å². The van der Waals surface area contributed by atoms with Crippen molar-refractivity contribution in [2.24, 2.45) is 0 Å². The van der Waals surface area contributed by atoms with Crippen molar-refractivity contribution >= 4 is 23.4 Å². The van der Waals surface area contributed by atoms with Crippen LogP contribution in [-0.2, 0) is 4.79 Å². The van der Waals surface area contributed by atoms with Crippen LogP contribution < -0.4 is 14.8 Å². The van der Waals surface area contributed by atoms with Crippen molar-refractivity contribution in [1.82, 2.24) is 0 Å². The quantitative estimate of drug-likeness (QED) is 0.538. The minimum Gasteiger partial charge on any atom is -0.497 e. The Bertz CT molecular complexity index is 897. The highest BCUT2D eigenvalue weighted by atomic mass is 32.2. The number of methoxy groups -OCH3 is 1. The summed E-state index contributed by atoms with van der Waals surface area (Å²) in [6.45, 7) is 1.93. The number of hydrogen-bond acceptors (Lipinski definition) is 4. The maximum Gasteiger partial charge on any atom is 0.265 e. The van der Waals surface area contributed by atoms with Gasteiger partial charge in [0.1, 0.15) is 11.5 Å². The molecule has 3 rings (SSSR count). The maximum atomic E-state index is 12.8. The van der Waals surface area contributed by atoms with E-state index < -0.39 is 6.10 Å². The van der Waals surface area contributed by atoms with E-state index in [0.29, 0.717) is 12.2 Å². The van der Waals surface area contributed by atoms with Crippen molar-refractivity contribution in [3.05, 3.63) is 78.9 Å². The van der Waals surface area contributed by atoms with E-state index in [-0.39, 0.29) is 5.91 Å². The SMILES string of the molecule is CC[C@@H](Oc1ccc(OC)cc1)C(=O)Nc1ccccc1Sc1ccccc1. The van der Waals surface area contributed by atoms with E-state index in [0.717, 1.165) is 21.2 Å². The fourth-order valence-corrected chi connectivity index (χ4v) is 3.55. The third-order valence-electron chi connectivity index (χ3n) is 4.12. The molecule has 0 aliphatic heterocycles. The van der Waals surface area contributed by atoms with Gasteiger partial charge in [0.25, 0.3) is 5.91 Å². The highest BCUT2D eigenvalue weighted by molar-refractivity contribution is 7.99. The van der Waals surface area contributed by atoms with E-state index in [1.807, 2.05) is 73.7 Å². The molecule has 0 aliphatic rings. The summed E-state index contributed by atoms with van der Waals surface area (Å²) in [6.07, 6.45) is -0.0190. The van der Waals surface area contributed by atoms with Gasteiger partial charge in [-0.3, -0.25) is 4.79 Å². The molecule has 5 heteroatoms. The molecular formula is C23H23NO3S. The van der Waals surface area contributed by atoms with Crippen molar-refractivity contribution < 1.29 is 14.3 Å². The van der Waals surface area contributed by atoms with E-state index in [2.05, 4.69) is 5.32 Å². The smallest absolute Gasteiger partial charge is 0.265 e. The lowest BCUT2D eigenvalue weighted by Crippen LogP contribution is -2.32. The summed E-state index contributed by atoms with van der Waals surface area (Å²) in [5.41, 5.74) is 0.776. The molecule has 3 aromatic carbocycles. The van der Waals surface area contributed by atoms with Crippen LogP contribution in [0.5, 0.6) is 11.5 Å². The van der Waals surface area contributed by atoms with Gasteiger partial charge in [0.15, 0.2) is 6.10 Å². The van der Waals surface area contributed by atoms with Crippen molar-refractivity contribution in [1.29, 1.82) is 0 Å². The minimum absolute atomic E-state index is 0.167. The van der Waals surface area contributed by atoms with Crippen molar-refractivity contribution in [2.45, 2.75) is 29.2 Å². The Balaban J connectivity index is 1.70. The lowest BCUT2D eigenvalue weighted by atomic mass is 10.2. The second-order valence-electron chi connectivity index (χ2n) is 6.09. The number of ether oxygens (including phenoxy) is 2. The van der Waals surface area contributed by atoms with Crippen LogP contribution in [0, 0.1) is 0 Å². The number of carbonyl (C=O) groups excluding carboxylic acids is 1. The van der Waals surface area contributed by atoms with Gasteiger partial charge in [-0.15, -0.1) is 0 Å². The highest BCUT2D eigenvalue weighted by Gasteiger charge is 2.19. The summed E-state index contributed by atoms with van der Waals surface area (Å²) in [6, 6.07) is 25.1. The zero-order chi connectivity index (χ0) is 19.8. The summed E-state index contributed by atoms with van der Waals surface area (Å²) in [5, 5.41) is 3.02. The molecule has 0 saturated heterocycles. The van der Waals surface area contributed by atoms with Crippen LogP contribution in [0.25, 0.3) is 0 Å². The van der Waals surface area contributed by atoms with Crippen molar-refractivity contribution in [2.75, 3.05) is 12.4 Å². The Labute approximate surface area is 169 Å². The van der Waals surface area contributed by atoms with E-state index in [9.17, 15) is 4.79 Å². The van der Waals surface area contributed by atoms with Gasteiger partial charge in [0, 0.05) is 9.79 Å². The molecular weight excluding hydrogens is 370 g/mol. The first kappa shape index (κ1) is 19.8. The number of nitrogens with one attached hydrogen (secondary N) is 1. The molecule has 0 bridgehead atoms. The number of amides is 1. The molecule has 4 nitrogen and oxygen atoms in total. The molecule has 1 atom stereocenters. The van der Waals surface area contributed by atoms with Gasteiger partial charge in [-0.25, -0.2) is 0 Å². The van der Waals surface area contributed by atoms with Gasteiger partial charge in [-0.2, -0.15) is 0 Å². The highest BCUT2D eigenvalue weighted by Crippen LogP contribution is 2.33. The second kappa shape index (κ2) is 9.85. The number of anilines is 1. The number of rotatable bonds is 8. The van der Waals surface area contributed by atoms with Crippen LogP contribution in [0.3, 0.4) is 0 Å². The van der Waals surface area contributed by atoms with E-state index in [1.165, 1.54) is 0 Å². The number of carbonyl (C=O) groups is 1. The van der Waals surface area contributed by atoms with Crippen LogP contribution in [0.1, 0.15) is 13.3 Å².